The van der Waals surface area contributed by atoms with Crippen LogP contribution < -0.4 is 25.1 Å². The van der Waals surface area contributed by atoms with Crippen LogP contribution in [0.4, 0.5) is 0 Å². The predicted octanol–water partition coefficient (Wildman–Crippen LogP) is 2.76. The van der Waals surface area contributed by atoms with Crippen molar-refractivity contribution < 1.29 is 23.8 Å². The summed E-state index contributed by atoms with van der Waals surface area (Å²) < 4.78 is 16.9. The van der Waals surface area contributed by atoms with Crippen LogP contribution in [0.3, 0.4) is 0 Å². The second-order valence-corrected chi connectivity index (χ2v) is 6.53. The third kappa shape index (κ3) is 6.49. The summed E-state index contributed by atoms with van der Waals surface area (Å²) >= 11 is 3.39. The molecule has 0 radical (unpaired) electrons. The van der Waals surface area contributed by atoms with Crippen molar-refractivity contribution in [1.82, 2.24) is 10.9 Å². The van der Waals surface area contributed by atoms with Gasteiger partial charge in [-0.05, 0) is 61.9 Å². The number of methoxy groups -OCH3 is 1. The summed E-state index contributed by atoms with van der Waals surface area (Å²) in [6.45, 7) is 3.27. The van der Waals surface area contributed by atoms with E-state index < -0.39 is 17.9 Å². The molecule has 0 heterocycles. The first-order valence-corrected chi connectivity index (χ1v) is 8.96. The molecule has 0 saturated carbocycles. The van der Waals surface area contributed by atoms with Crippen molar-refractivity contribution in [1.29, 1.82) is 0 Å². The molecule has 144 valence electrons. The number of ether oxygens (including phenoxy) is 3. The highest BCUT2D eigenvalue weighted by Gasteiger charge is 2.15. The SMILES string of the molecule is COc1ccc(OC(C)C(=O)NNC(=O)COc2ccc(Br)c(C)c2)cc1. The van der Waals surface area contributed by atoms with Crippen molar-refractivity contribution in [3.63, 3.8) is 0 Å². The number of nitrogens with one attached hydrogen (secondary N) is 2. The lowest BCUT2D eigenvalue weighted by molar-refractivity contribution is -0.133. The molecule has 8 heteroatoms. The maximum Gasteiger partial charge on any atom is 0.279 e. The maximum absolute atomic E-state index is 12.0. The Bertz CT molecular complexity index is 795. The molecule has 7 nitrogen and oxygen atoms in total. The van der Waals surface area contributed by atoms with E-state index in [1.165, 1.54) is 0 Å². The molecule has 2 N–H and O–H groups in total. The normalized spacial score (nSPS) is 11.3. The van der Waals surface area contributed by atoms with Crippen LogP contribution in [0.5, 0.6) is 17.2 Å². The smallest absolute Gasteiger partial charge is 0.279 e. The molecule has 0 aliphatic carbocycles. The minimum Gasteiger partial charge on any atom is -0.497 e. The number of hydrogen-bond acceptors (Lipinski definition) is 5. The van der Waals surface area contributed by atoms with Crippen molar-refractivity contribution in [3.8, 4) is 17.2 Å². The summed E-state index contributed by atoms with van der Waals surface area (Å²) in [6.07, 6.45) is -0.797. The summed E-state index contributed by atoms with van der Waals surface area (Å²) in [5.41, 5.74) is 5.59. The summed E-state index contributed by atoms with van der Waals surface area (Å²) in [7, 11) is 1.57. The van der Waals surface area contributed by atoms with Gasteiger partial charge in [-0.2, -0.15) is 0 Å². The molecule has 1 unspecified atom stereocenters. The van der Waals surface area contributed by atoms with Crippen LogP contribution in [0.2, 0.25) is 0 Å². The summed E-state index contributed by atoms with van der Waals surface area (Å²) in [5.74, 6) is 0.791. The molecule has 1 atom stereocenters. The molecule has 27 heavy (non-hydrogen) atoms. The highest BCUT2D eigenvalue weighted by Crippen LogP contribution is 2.21. The fourth-order valence-corrected chi connectivity index (χ4v) is 2.28. The van der Waals surface area contributed by atoms with Crippen LogP contribution >= 0.6 is 15.9 Å². The molecular formula is C19H21BrN2O5. The lowest BCUT2D eigenvalue weighted by atomic mass is 10.2. The zero-order valence-corrected chi connectivity index (χ0v) is 16.8. The van der Waals surface area contributed by atoms with E-state index in [1.54, 1.807) is 50.4 Å². The average molecular weight is 437 g/mol. The minimum atomic E-state index is -0.797. The van der Waals surface area contributed by atoms with E-state index in [1.807, 2.05) is 13.0 Å². The Kier molecular flexibility index (Phi) is 7.48. The minimum absolute atomic E-state index is 0.227. The van der Waals surface area contributed by atoms with Crippen LogP contribution in [-0.4, -0.2) is 31.6 Å². The first-order valence-electron chi connectivity index (χ1n) is 8.17. The van der Waals surface area contributed by atoms with E-state index in [9.17, 15) is 9.59 Å². The second kappa shape index (κ2) is 9.82. The molecule has 0 fully saturated rings. The molecule has 0 aromatic heterocycles. The fraction of sp³-hybridized carbons (Fsp3) is 0.263. The molecule has 2 rings (SSSR count). The molecule has 2 aromatic carbocycles. The Labute approximate surface area is 166 Å². The third-order valence-electron chi connectivity index (χ3n) is 3.57. The lowest BCUT2D eigenvalue weighted by Crippen LogP contribution is -2.48. The lowest BCUT2D eigenvalue weighted by Gasteiger charge is -2.15. The van der Waals surface area contributed by atoms with Crippen molar-refractivity contribution in [2.75, 3.05) is 13.7 Å². The third-order valence-corrected chi connectivity index (χ3v) is 4.46. The molecule has 0 aliphatic rings. The number of carbonyl (C=O) groups is 2. The van der Waals surface area contributed by atoms with Crippen LogP contribution in [0.15, 0.2) is 46.9 Å². The molecule has 2 aromatic rings. The number of hydrazine groups is 1. The largest absolute Gasteiger partial charge is 0.497 e. The summed E-state index contributed by atoms with van der Waals surface area (Å²) in [6, 6.07) is 12.2. The molecular weight excluding hydrogens is 416 g/mol. The topological polar surface area (TPSA) is 85.9 Å². The Morgan fingerprint density at radius 2 is 1.67 bits per heavy atom. The van der Waals surface area contributed by atoms with Crippen LogP contribution in [0.25, 0.3) is 0 Å². The van der Waals surface area contributed by atoms with E-state index in [0.717, 1.165) is 10.0 Å². The Balaban J connectivity index is 1.74. The standard InChI is InChI=1S/C19H21BrN2O5/c1-12-10-16(8-9-17(12)20)26-11-18(23)21-22-19(24)13(2)27-15-6-4-14(25-3)5-7-15/h4-10,13H,11H2,1-3H3,(H,21,23)(H,22,24). The highest BCUT2D eigenvalue weighted by molar-refractivity contribution is 9.10. The Morgan fingerprint density at radius 3 is 2.30 bits per heavy atom. The van der Waals surface area contributed by atoms with Gasteiger partial charge in [-0.25, -0.2) is 0 Å². The number of halogens is 1. The van der Waals surface area contributed by atoms with Gasteiger partial charge in [-0.1, -0.05) is 15.9 Å². The van der Waals surface area contributed by atoms with Crippen molar-refractivity contribution in [3.05, 3.63) is 52.5 Å². The van der Waals surface area contributed by atoms with E-state index in [4.69, 9.17) is 14.2 Å². The first kappa shape index (κ1) is 20.6. The van der Waals surface area contributed by atoms with Gasteiger partial charge in [0, 0.05) is 4.47 Å². The van der Waals surface area contributed by atoms with Gasteiger partial charge in [-0.3, -0.25) is 20.4 Å². The van der Waals surface area contributed by atoms with Crippen LogP contribution in [0.1, 0.15) is 12.5 Å². The molecule has 0 saturated heterocycles. The van der Waals surface area contributed by atoms with E-state index >= 15 is 0 Å². The van der Waals surface area contributed by atoms with Gasteiger partial charge in [0.1, 0.15) is 17.2 Å². The van der Waals surface area contributed by atoms with E-state index in [0.29, 0.717) is 17.2 Å². The number of hydrogen-bond donors (Lipinski definition) is 2. The van der Waals surface area contributed by atoms with Gasteiger partial charge in [0.2, 0.25) is 0 Å². The molecule has 2 amide bonds. The molecule has 0 aliphatic heterocycles. The van der Waals surface area contributed by atoms with E-state index in [2.05, 4.69) is 26.8 Å². The van der Waals surface area contributed by atoms with Crippen LogP contribution in [-0.2, 0) is 9.59 Å². The average Bonchev–Trinajstić information content (AvgIpc) is 2.67. The van der Waals surface area contributed by atoms with Gasteiger partial charge >= 0.3 is 0 Å². The number of amides is 2. The summed E-state index contributed by atoms with van der Waals surface area (Å²) in [4.78, 5) is 23.8. The first-order chi connectivity index (χ1) is 12.9. The van der Waals surface area contributed by atoms with Crippen molar-refractivity contribution >= 4 is 27.7 Å². The zero-order valence-electron chi connectivity index (χ0n) is 15.2. The summed E-state index contributed by atoms with van der Waals surface area (Å²) in [5, 5.41) is 0. The number of aryl methyl sites for hydroxylation is 1. The van der Waals surface area contributed by atoms with E-state index in [-0.39, 0.29) is 6.61 Å². The van der Waals surface area contributed by atoms with Crippen LogP contribution in [0, 0.1) is 6.92 Å². The highest BCUT2D eigenvalue weighted by atomic mass is 79.9. The maximum atomic E-state index is 12.0. The van der Waals surface area contributed by atoms with Gasteiger partial charge in [-0.15, -0.1) is 0 Å². The zero-order chi connectivity index (χ0) is 19.8. The molecule has 0 bridgehead atoms. The number of benzene rings is 2. The van der Waals surface area contributed by atoms with Gasteiger partial charge in [0.25, 0.3) is 11.8 Å². The fourth-order valence-electron chi connectivity index (χ4n) is 2.04. The number of carbonyl (C=O) groups excluding carboxylic acids is 2. The van der Waals surface area contributed by atoms with Crippen molar-refractivity contribution in [2.24, 2.45) is 0 Å². The number of rotatable bonds is 7. The Hall–Kier alpha value is -2.74. The second-order valence-electron chi connectivity index (χ2n) is 5.67. The van der Waals surface area contributed by atoms with Crippen molar-refractivity contribution in [2.45, 2.75) is 20.0 Å². The van der Waals surface area contributed by atoms with Gasteiger partial charge in [0.05, 0.1) is 7.11 Å². The van der Waals surface area contributed by atoms with Gasteiger partial charge in [0.15, 0.2) is 12.7 Å². The molecule has 0 spiro atoms. The monoisotopic (exact) mass is 436 g/mol. The predicted molar refractivity (Wildman–Crippen MR) is 104 cm³/mol. The Morgan fingerprint density at radius 1 is 1.04 bits per heavy atom. The quantitative estimate of drug-likeness (QED) is 0.651. The van der Waals surface area contributed by atoms with Gasteiger partial charge < -0.3 is 14.2 Å².